The van der Waals surface area contributed by atoms with Crippen LogP contribution in [0.2, 0.25) is 20.1 Å². The van der Waals surface area contributed by atoms with Crippen molar-refractivity contribution in [1.29, 1.82) is 0 Å². The Hall–Kier alpha value is 2.14. The molecule has 0 aliphatic carbocycles. The number of hydrogen-bond donors (Lipinski definition) is 0. The van der Waals surface area contributed by atoms with Crippen LogP contribution in [0.4, 0.5) is 0 Å². The fourth-order valence-electron chi connectivity index (χ4n) is 2.34. The Morgan fingerprint density at radius 3 is 1.21 bits per heavy atom. The lowest BCUT2D eigenvalue weighted by molar-refractivity contribution is 0.280. The maximum Gasteiger partial charge on any atom is 0.248 e. The highest BCUT2D eigenvalue weighted by Gasteiger charge is 2.20. The lowest BCUT2D eigenvalue weighted by atomic mass is 10.4. The van der Waals surface area contributed by atoms with E-state index in [4.69, 9.17) is 88.1 Å². The van der Waals surface area contributed by atoms with E-state index in [0.717, 1.165) is 20.0 Å². The smallest absolute Gasteiger partial charge is 0.248 e. The Kier molecular flexibility index (Phi) is 21.0. The third-order valence-corrected chi connectivity index (χ3v) is 19.4. The maximum absolute atomic E-state index is 6.10. The molecule has 2 aromatic rings. The number of hydrogen-bond acceptors (Lipinski definition) is 10. The summed E-state index contributed by atoms with van der Waals surface area (Å²) in [6.45, 7) is 9.92. The first kappa shape index (κ1) is 38.2. The van der Waals surface area contributed by atoms with Crippen LogP contribution in [-0.4, -0.2) is 36.6 Å². The third-order valence-electron chi connectivity index (χ3n) is 3.79. The number of thioether (sulfide) groups is 2. The molecule has 0 aromatic heterocycles. The van der Waals surface area contributed by atoms with E-state index in [1.54, 1.807) is 47.8 Å². The summed E-state index contributed by atoms with van der Waals surface area (Å²) in [6, 6.07) is 10.8. The van der Waals surface area contributed by atoms with E-state index in [0.29, 0.717) is 46.5 Å². The third kappa shape index (κ3) is 15.6. The summed E-state index contributed by atoms with van der Waals surface area (Å²) < 4.78 is 22.2. The number of rotatable bonds is 16. The zero-order valence-corrected chi connectivity index (χ0v) is 30.9. The highest BCUT2D eigenvalue weighted by molar-refractivity contribution is 8.70. The van der Waals surface area contributed by atoms with Gasteiger partial charge in [-0.1, -0.05) is 69.2 Å². The van der Waals surface area contributed by atoms with Crippen LogP contribution in [0.25, 0.3) is 0 Å². The minimum Gasteiger partial charge on any atom is -0.322 e. The van der Waals surface area contributed by atoms with Gasteiger partial charge in [-0.2, -0.15) is 0 Å². The first-order valence-corrected chi connectivity index (χ1v) is 23.2. The van der Waals surface area contributed by atoms with Gasteiger partial charge in [0, 0.05) is 19.8 Å². The van der Waals surface area contributed by atoms with Crippen molar-refractivity contribution >= 4 is 128 Å². The Morgan fingerprint density at radius 1 is 0.605 bits per heavy atom. The molecule has 0 aliphatic rings. The van der Waals surface area contributed by atoms with Gasteiger partial charge in [-0.15, -0.1) is 23.5 Å². The van der Waals surface area contributed by atoms with Crippen LogP contribution in [0.15, 0.2) is 46.2 Å². The molecule has 0 saturated heterocycles. The molecule has 216 valence electrons. The second-order valence-corrected chi connectivity index (χ2v) is 23.6. The van der Waals surface area contributed by atoms with Crippen molar-refractivity contribution in [2.75, 3.05) is 36.6 Å². The van der Waals surface area contributed by atoms with E-state index >= 15 is 0 Å². The van der Waals surface area contributed by atoms with E-state index in [2.05, 4.69) is 0 Å². The molecule has 0 bridgehead atoms. The molecule has 0 fully saturated rings. The molecule has 2 rings (SSSR count). The molecule has 2 aromatic carbocycles. The average molecular weight is 755 g/mol. The van der Waals surface area contributed by atoms with Crippen molar-refractivity contribution in [3.8, 4) is 0 Å². The van der Waals surface area contributed by atoms with Gasteiger partial charge in [0.15, 0.2) is 0 Å². The fourth-order valence-corrected chi connectivity index (χ4v) is 17.4. The van der Waals surface area contributed by atoms with Gasteiger partial charge < -0.3 is 18.1 Å². The molecule has 0 amide bonds. The zero-order chi connectivity index (χ0) is 28.6. The second-order valence-electron chi connectivity index (χ2n) is 6.50. The van der Waals surface area contributed by atoms with E-state index in [-0.39, 0.29) is 0 Å². The minimum atomic E-state index is -2.23. The molecule has 38 heavy (non-hydrogen) atoms. The summed E-state index contributed by atoms with van der Waals surface area (Å²) in [5.74, 6) is 0. The Balaban J connectivity index is 0.000000380. The molecule has 4 nitrogen and oxygen atoms in total. The van der Waals surface area contributed by atoms with Gasteiger partial charge in [0.2, 0.25) is 11.4 Å². The van der Waals surface area contributed by atoms with Crippen LogP contribution in [0, 0.1) is 0 Å². The first-order valence-electron chi connectivity index (χ1n) is 11.2. The zero-order valence-electron chi connectivity index (χ0n) is 21.2. The van der Waals surface area contributed by atoms with Crippen LogP contribution in [0.5, 0.6) is 0 Å². The Bertz CT molecular complexity index is 983. The molecule has 0 atom stereocenters. The van der Waals surface area contributed by atoms with Gasteiger partial charge in [-0.05, 0) is 87.7 Å². The molecule has 16 heteroatoms. The summed E-state index contributed by atoms with van der Waals surface area (Å²) in [5.41, 5.74) is -4.46. The van der Waals surface area contributed by atoms with Crippen LogP contribution in [0.3, 0.4) is 0 Å². The largest absolute Gasteiger partial charge is 0.322 e. The van der Waals surface area contributed by atoms with Gasteiger partial charge in [-0.25, -0.2) is 0 Å². The average Bonchev–Trinajstić information content (AvgIpc) is 2.84. The Morgan fingerprint density at radius 2 is 0.921 bits per heavy atom. The van der Waals surface area contributed by atoms with Gasteiger partial charge in [0.05, 0.1) is 46.6 Å². The summed E-state index contributed by atoms with van der Waals surface area (Å²) in [4.78, 5) is 1.88. The Labute approximate surface area is 273 Å². The first-order chi connectivity index (χ1) is 18.0. The van der Waals surface area contributed by atoms with Crippen molar-refractivity contribution in [2.45, 2.75) is 37.5 Å². The predicted octanol–water partition coefficient (Wildman–Crippen LogP) is 12.1. The second kappa shape index (κ2) is 20.9. The van der Waals surface area contributed by atoms with Crippen LogP contribution >= 0.6 is 104 Å². The normalized spacial score (nSPS) is 11.8. The molecule has 0 heterocycles. The van der Waals surface area contributed by atoms with E-state index in [1.807, 2.05) is 39.8 Å². The number of benzene rings is 2. The van der Waals surface area contributed by atoms with E-state index < -0.39 is 11.4 Å². The number of halogens is 4. The van der Waals surface area contributed by atoms with Crippen LogP contribution in [-0.2, 0) is 41.7 Å². The molecule has 0 unspecified atom stereocenters. The fraction of sp³-hybridized carbons (Fsp3) is 0.455. The van der Waals surface area contributed by atoms with Crippen molar-refractivity contribution < 1.29 is 18.1 Å². The quantitative estimate of drug-likeness (QED) is 0.0939. The summed E-state index contributed by atoms with van der Waals surface area (Å²) >= 11 is 41.2. The standard InChI is InChI=1S/2C11H15Cl2O2PS3/c2*1-3-14-16(17,15-4-2)19-8-18-11-7-9(12)5-6-10(11)13/h2*5-7H,3-4,8H2,1-2H3. The highest BCUT2D eigenvalue weighted by atomic mass is 35.5. The van der Waals surface area contributed by atoms with Crippen LogP contribution in [0.1, 0.15) is 27.7 Å². The summed E-state index contributed by atoms with van der Waals surface area (Å²) in [7, 11) is 0. The lowest BCUT2D eigenvalue weighted by Crippen LogP contribution is -1.92. The van der Waals surface area contributed by atoms with Gasteiger partial charge in [0.25, 0.3) is 0 Å². The van der Waals surface area contributed by atoms with Crippen molar-refractivity contribution in [3.63, 3.8) is 0 Å². The predicted molar refractivity (Wildman–Crippen MR) is 185 cm³/mol. The van der Waals surface area contributed by atoms with Gasteiger partial charge in [0.1, 0.15) is 0 Å². The lowest BCUT2D eigenvalue weighted by Gasteiger charge is -2.19. The summed E-state index contributed by atoms with van der Waals surface area (Å²) in [5, 5.41) is 4.17. The van der Waals surface area contributed by atoms with Gasteiger partial charge in [-0.3, -0.25) is 0 Å². The SMILES string of the molecule is CCOP(=S)(OCC)SCSc1cc(Cl)ccc1Cl.CCOP(=S)(OCC)SCSc1cc(Cl)ccc1Cl. The maximum atomic E-state index is 6.10. The van der Waals surface area contributed by atoms with Crippen molar-refractivity contribution in [1.82, 2.24) is 0 Å². The molecule has 0 aliphatic heterocycles. The topological polar surface area (TPSA) is 36.9 Å². The van der Waals surface area contributed by atoms with Crippen molar-refractivity contribution in [3.05, 3.63) is 56.5 Å². The molecular weight excluding hydrogens is 724 g/mol. The molecular formula is C22H30Cl4O4P2S6. The van der Waals surface area contributed by atoms with Crippen molar-refractivity contribution in [2.24, 2.45) is 0 Å². The van der Waals surface area contributed by atoms with E-state index in [9.17, 15) is 0 Å². The van der Waals surface area contributed by atoms with E-state index in [1.165, 1.54) is 22.8 Å². The van der Waals surface area contributed by atoms with Crippen LogP contribution < -0.4 is 0 Å². The minimum absolute atomic E-state index is 0.562. The molecule has 0 N–H and O–H groups in total. The summed E-state index contributed by atoms with van der Waals surface area (Å²) in [6.07, 6.45) is 0. The highest BCUT2D eigenvalue weighted by Crippen LogP contribution is 2.63. The molecule has 0 spiro atoms. The monoisotopic (exact) mass is 752 g/mol. The molecule has 0 radical (unpaired) electrons. The molecule has 0 saturated carbocycles. The van der Waals surface area contributed by atoms with Gasteiger partial charge >= 0.3 is 0 Å².